The zero-order valence-electron chi connectivity index (χ0n) is 57.0. The van der Waals surface area contributed by atoms with Crippen molar-refractivity contribution in [2.24, 2.45) is 11.8 Å². The van der Waals surface area contributed by atoms with Gasteiger partial charge in [0.05, 0.1) is 26.4 Å². The van der Waals surface area contributed by atoms with Crippen LogP contribution in [-0.4, -0.2) is 96.7 Å². The largest absolute Gasteiger partial charge is 0.472 e. The van der Waals surface area contributed by atoms with Crippen LogP contribution < -0.4 is 0 Å². The summed E-state index contributed by atoms with van der Waals surface area (Å²) in [4.78, 5) is 72.5. The molecule has 0 aromatic rings. The number of ether oxygens (including phenoxy) is 4. The molecule has 0 fully saturated rings. The van der Waals surface area contributed by atoms with Gasteiger partial charge < -0.3 is 33.8 Å². The molecule has 6 atom stereocenters. The van der Waals surface area contributed by atoms with E-state index < -0.39 is 97.5 Å². The maximum atomic E-state index is 13.0. The van der Waals surface area contributed by atoms with Crippen LogP contribution in [0.2, 0.25) is 0 Å². The number of aliphatic hydroxyl groups is 1. The van der Waals surface area contributed by atoms with E-state index in [-0.39, 0.29) is 25.7 Å². The first-order valence-corrected chi connectivity index (χ1v) is 39.0. The average Bonchev–Trinajstić information content (AvgIpc) is 3.55. The standard InChI is InChI=1S/C69H134O17P2/c1-7-10-12-14-16-18-20-22-24-28-32-39-45-51-66(71)79-57-64(85-68(73)53-47-41-33-29-25-23-21-19-17-15-13-11-8-2)59-83-87(75,76)81-55-63(70)56-82-88(77,78)84-60-65(58-80-67(72)52-46-40-36-35-38-44-50-62(6)9-3)86-69(74)54-48-42-34-30-26-27-31-37-43-49-61(4)5/h61-65,70H,7-60H2,1-6H3,(H,75,76)(H,77,78)/t62?,63-,64-,65-/m1/s1. The first-order valence-electron chi connectivity index (χ1n) is 36.0. The van der Waals surface area contributed by atoms with Crippen LogP contribution in [-0.2, 0) is 65.4 Å². The van der Waals surface area contributed by atoms with Crippen LogP contribution >= 0.6 is 15.6 Å². The number of phosphoric ester groups is 2. The Morgan fingerprint density at radius 1 is 0.330 bits per heavy atom. The zero-order valence-corrected chi connectivity index (χ0v) is 58.8. The van der Waals surface area contributed by atoms with E-state index in [1.807, 2.05) is 0 Å². The van der Waals surface area contributed by atoms with Gasteiger partial charge in [0.2, 0.25) is 0 Å². The summed E-state index contributed by atoms with van der Waals surface area (Å²) in [5.74, 6) is -0.658. The number of unbranched alkanes of at least 4 members (excludes halogenated alkanes) is 37. The molecule has 3 unspecified atom stereocenters. The Morgan fingerprint density at radius 2 is 0.580 bits per heavy atom. The van der Waals surface area contributed by atoms with Crippen molar-refractivity contribution in [2.75, 3.05) is 39.6 Å². The van der Waals surface area contributed by atoms with Crippen molar-refractivity contribution in [3.05, 3.63) is 0 Å². The van der Waals surface area contributed by atoms with Crippen molar-refractivity contribution >= 4 is 39.5 Å². The van der Waals surface area contributed by atoms with E-state index in [4.69, 9.17) is 37.0 Å². The first kappa shape index (κ1) is 86.1. The van der Waals surface area contributed by atoms with Crippen molar-refractivity contribution in [2.45, 2.75) is 368 Å². The van der Waals surface area contributed by atoms with Gasteiger partial charge in [0.25, 0.3) is 0 Å². The normalized spacial score (nSPS) is 14.5. The molecule has 0 saturated carbocycles. The lowest BCUT2D eigenvalue weighted by Gasteiger charge is -2.21. The van der Waals surface area contributed by atoms with Crippen LogP contribution in [0.4, 0.5) is 0 Å². The van der Waals surface area contributed by atoms with E-state index in [1.54, 1.807) is 0 Å². The number of esters is 4. The highest BCUT2D eigenvalue weighted by Gasteiger charge is 2.30. The van der Waals surface area contributed by atoms with Crippen molar-refractivity contribution in [3.63, 3.8) is 0 Å². The summed E-state index contributed by atoms with van der Waals surface area (Å²) in [7, 11) is -9.90. The van der Waals surface area contributed by atoms with E-state index in [9.17, 15) is 43.2 Å². The molecule has 0 aliphatic carbocycles. The number of aliphatic hydroxyl groups excluding tert-OH is 1. The summed E-state index contributed by atoms with van der Waals surface area (Å²) in [6.45, 7) is 9.48. The van der Waals surface area contributed by atoms with Crippen molar-refractivity contribution in [3.8, 4) is 0 Å². The highest BCUT2D eigenvalue weighted by molar-refractivity contribution is 7.47. The predicted octanol–water partition coefficient (Wildman–Crippen LogP) is 19.6. The summed E-state index contributed by atoms with van der Waals surface area (Å²) < 4.78 is 68.2. The molecule has 0 saturated heterocycles. The third kappa shape index (κ3) is 61.6. The quantitative estimate of drug-likeness (QED) is 0.0222. The summed E-state index contributed by atoms with van der Waals surface area (Å²) >= 11 is 0. The Bertz CT molecular complexity index is 1720. The number of hydrogen-bond acceptors (Lipinski definition) is 15. The molecule has 0 aromatic carbocycles. The van der Waals surface area contributed by atoms with E-state index in [0.29, 0.717) is 25.7 Å². The second-order valence-corrected chi connectivity index (χ2v) is 28.5. The Kier molecular flexibility index (Phi) is 59.9. The van der Waals surface area contributed by atoms with Gasteiger partial charge in [-0.05, 0) is 37.5 Å². The molecule has 0 radical (unpaired) electrons. The molecule has 0 aliphatic heterocycles. The monoisotopic (exact) mass is 1300 g/mol. The molecule has 88 heavy (non-hydrogen) atoms. The molecule has 17 nitrogen and oxygen atoms in total. The minimum atomic E-state index is -4.95. The fourth-order valence-electron chi connectivity index (χ4n) is 10.4. The first-order chi connectivity index (χ1) is 42.4. The molecule has 0 spiro atoms. The Hall–Kier alpha value is -1.94. The molecular formula is C69H134O17P2. The zero-order chi connectivity index (χ0) is 65.0. The van der Waals surface area contributed by atoms with Crippen LogP contribution in [0.15, 0.2) is 0 Å². The van der Waals surface area contributed by atoms with Crippen LogP contribution in [0.5, 0.6) is 0 Å². The maximum absolute atomic E-state index is 13.0. The van der Waals surface area contributed by atoms with Gasteiger partial charge in [-0.15, -0.1) is 0 Å². The fraction of sp³-hybridized carbons (Fsp3) is 0.942. The molecule has 0 heterocycles. The summed E-state index contributed by atoms with van der Waals surface area (Å²) in [5.41, 5.74) is 0. The number of rotatable bonds is 68. The highest BCUT2D eigenvalue weighted by atomic mass is 31.2. The van der Waals surface area contributed by atoms with Gasteiger partial charge in [-0.3, -0.25) is 37.3 Å². The topological polar surface area (TPSA) is 237 Å². The van der Waals surface area contributed by atoms with Gasteiger partial charge >= 0.3 is 39.5 Å². The van der Waals surface area contributed by atoms with Crippen molar-refractivity contribution < 1.29 is 80.2 Å². The molecule has 522 valence electrons. The Morgan fingerprint density at radius 3 is 0.864 bits per heavy atom. The van der Waals surface area contributed by atoms with Crippen LogP contribution in [0.1, 0.15) is 350 Å². The third-order valence-electron chi connectivity index (χ3n) is 16.3. The van der Waals surface area contributed by atoms with Crippen LogP contribution in [0.3, 0.4) is 0 Å². The molecule has 3 N–H and O–H groups in total. The average molecular weight is 1300 g/mol. The maximum Gasteiger partial charge on any atom is 0.472 e. The van der Waals surface area contributed by atoms with Gasteiger partial charge in [0.1, 0.15) is 19.3 Å². The van der Waals surface area contributed by atoms with E-state index in [1.165, 1.54) is 161 Å². The molecule has 19 heteroatoms. The summed E-state index contributed by atoms with van der Waals surface area (Å²) in [6.07, 6.45) is 45.7. The van der Waals surface area contributed by atoms with Gasteiger partial charge in [0, 0.05) is 25.7 Å². The molecule has 0 bridgehead atoms. The van der Waals surface area contributed by atoms with Gasteiger partial charge in [0.15, 0.2) is 12.2 Å². The fourth-order valence-corrected chi connectivity index (χ4v) is 12.0. The lowest BCUT2D eigenvalue weighted by atomic mass is 10.00. The molecule has 0 aromatic heterocycles. The highest BCUT2D eigenvalue weighted by Crippen LogP contribution is 2.45. The molecule has 0 rings (SSSR count). The van der Waals surface area contributed by atoms with Crippen molar-refractivity contribution in [1.82, 2.24) is 0 Å². The second-order valence-electron chi connectivity index (χ2n) is 25.6. The number of carbonyl (C=O) groups is 4. The minimum absolute atomic E-state index is 0.104. The van der Waals surface area contributed by atoms with Crippen LogP contribution in [0.25, 0.3) is 0 Å². The van der Waals surface area contributed by atoms with Gasteiger partial charge in [-0.2, -0.15) is 0 Å². The predicted molar refractivity (Wildman–Crippen MR) is 354 cm³/mol. The van der Waals surface area contributed by atoms with Gasteiger partial charge in [-0.1, -0.05) is 298 Å². The number of carbonyl (C=O) groups excluding carboxylic acids is 4. The van der Waals surface area contributed by atoms with E-state index in [2.05, 4.69) is 41.5 Å². The second kappa shape index (κ2) is 61.3. The smallest absolute Gasteiger partial charge is 0.462 e. The summed E-state index contributed by atoms with van der Waals surface area (Å²) in [5, 5.41) is 10.6. The lowest BCUT2D eigenvalue weighted by molar-refractivity contribution is -0.161. The van der Waals surface area contributed by atoms with Crippen molar-refractivity contribution in [1.29, 1.82) is 0 Å². The summed E-state index contributed by atoms with van der Waals surface area (Å²) in [6, 6.07) is 0. The van der Waals surface area contributed by atoms with Crippen LogP contribution in [0, 0.1) is 11.8 Å². The third-order valence-corrected chi connectivity index (χ3v) is 18.2. The SMILES string of the molecule is CCCCCCCCCCCCCCCC(=O)OC[C@H](COP(=O)(O)OC[C@@H](O)COP(=O)(O)OC[C@@H](COC(=O)CCCCCCCCC(C)CC)OC(=O)CCCCCCCCCCCC(C)C)OC(=O)CCCCCCCCCCCCCCC. The molecule has 0 aliphatic rings. The Labute approximate surface area is 537 Å². The number of hydrogen-bond donors (Lipinski definition) is 3. The van der Waals surface area contributed by atoms with E-state index in [0.717, 1.165) is 108 Å². The molecular weight excluding hydrogens is 1160 g/mol. The lowest BCUT2D eigenvalue weighted by Crippen LogP contribution is -2.30. The number of phosphoric acid groups is 2. The molecule has 0 amide bonds. The van der Waals surface area contributed by atoms with Gasteiger partial charge in [-0.25, -0.2) is 9.13 Å². The van der Waals surface area contributed by atoms with E-state index >= 15 is 0 Å². The Balaban J connectivity index is 5.26. The minimum Gasteiger partial charge on any atom is -0.462 e.